The molecule has 0 unspecified atom stereocenters. The zero-order valence-corrected chi connectivity index (χ0v) is 13.5. The molecule has 1 N–H and O–H groups in total. The van der Waals surface area contributed by atoms with Gasteiger partial charge < -0.3 is 5.11 Å². The van der Waals surface area contributed by atoms with Crippen molar-refractivity contribution in [2.75, 3.05) is 18.6 Å². The first-order valence-electron chi connectivity index (χ1n) is 7.63. The molecule has 2 fully saturated rings. The van der Waals surface area contributed by atoms with Gasteiger partial charge in [-0.05, 0) is 25.0 Å². The molecule has 4 atom stereocenters. The molecule has 2 saturated heterocycles. The third-order valence-electron chi connectivity index (χ3n) is 4.39. The van der Waals surface area contributed by atoms with Gasteiger partial charge in [0.15, 0.2) is 6.10 Å². The zero-order valence-electron chi connectivity index (χ0n) is 12.8. The van der Waals surface area contributed by atoms with Crippen LogP contribution in [0.1, 0.15) is 12.8 Å². The first-order valence-corrected chi connectivity index (χ1v) is 8.07. The van der Waals surface area contributed by atoms with Gasteiger partial charge in [-0.25, -0.2) is 4.90 Å². The van der Waals surface area contributed by atoms with Crippen LogP contribution in [-0.2, 0) is 14.4 Å². The summed E-state index contributed by atoms with van der Waals surface area (Å²) in [4.78, 5) is 32.2. The van der Waals surface area contributed by atoms with E-state index < -0.39 is 18.1 Å². The molecule has 0 aliphatic carbocycles. The second-order valence-corrected chi connectivity index (χ2v) is 6.38. The SMILES string of the molecule is CN1O[C@H]2C(=O)N(c3ccccc3)C(=O)[C@H]2[C@@H]1[C@@H](Cl)CCCO. The lowest BCUT2D eigenvalue weighted by molar-refractivity contribution is -0.160. The highest BCUT2D eigenvalue weighted by Gasteiger charge is 2.60. The van der Waals surface area contributed by atoms with Crippen LogP contribution in [0.4, 0.5) is 5.69 Å². The number of carbonyl (C=O) groups excluding carboxylic acids is 2. The average molecular weight is 339 g/mol. The average Bonchev–Trinajstić information content (AvgIpc) is 3.01. The maximum absolute atomic E-state index is 12.8. The van der Waals surface area contributed by atoms with Gasteiger partial charge in [-0.2, -0.15) is 5.06 Å². The van der Waals surface area contributed by atoms with Crippen molar-refractivity contribution < 1.29 is 19.5 Å². The van der Waals surface area contributed by atoms with Gasteiger partial charge in [-0.15, -0.1) is 11.6 Å². The quantitative estimate of drug-likeness (QED) is 0.644. The maximum atomic E-state index is 12.8. The van der Waals surface area contributed by atoms with Gasteiger partial charge in [0, 0.05) is 13.7 Å². The summed E-state index contributed by atoms with van der Waals surface area (Å²) in [6.07, 6.45) is 0.264. The summed E-state index contributed by atoms with van der Waals surface area (Å²) < 4.78 is 0. The van der Waals surface area contributed by atoms with Crippen molar-refractivity contribution in [3.8, 4) is 0 Å². The number of hydroxylamine groups is 2. The number of para-hydroxylation sites is 1. The Hall–Kier alpha value is -1.47. The number of rotatable bonds is 5. The standard InChI is InChI=1S/C16H19ClN2O4/c1-18-13(11(17)8-5-9-20)12-14(23-18)16(22)19(15(12)21)10-6-3-2-4-7-10/h2-4,6-7,11-14,20H,5,8-9H2,1H3/t11-,12-,13-,14+/m0/s1. The molecule has 1 aromatic rings. The number of fused-ring (bicyclic) bond motifs is 1. The number of amides is 2. The minimum absolute atomic E-state index is 0.0393. The monoisotopic (exact) mass is 338 g/mol. The summed E-state index contributed by atoms with van der Waals surface area (Å²) >= 11 is 6.42. The van der Waals surface area contributed by atoms with Crippen LogP contribution in [0.3, 0.4) is 0 Å². The molecule has 7 heteroatoms. The molecule has 0 bridgehead atoms. The van der Waals surface area contributed by atoms with Crippen molar-refractivity contribution in [1.29, 1.82) is 0 Å². The summed E-state index contributed by atoms with van der Waals surface area (Å²) in [7, 11) is 1.69. The fraction of sp³-hybridized carbons (Fsp3) is 0.500. The number of aliphatic hydroxyl groups is 1. The number of alkyl halides is 1. The Bertz CT molecular complexity index is 597. The Labute approximate surface area is 139 Å². The molecule has 2 aliphatic rings. The van der Waals surface area contributed by atoms with Crippen LogP contribution in [0.15, 0.2) is 30.3 Å². The lowest BCUT2D eigenvalue weighted by Crippen LogP contribution is -2.43. The Morgan fingerprint density at radius 3 is 2.61 bits per heavy atom. The largest absolute Gasteiger partial charge is 0.396 e. The molecular weight excluding hydrogens is 320 g/mol. The van der Waals surface area contributed by atoms with Gasteiger partial charge in [-0.3, -0.25) is 14.4 Å². The Morgan fingerprint density at radius 1 is 1.26 bits per heavy atom. The van der Waals surface area contributed by atoms with Crippen molar-refractivity contribution >= 4 is 29.1 Å². The van der Waals surface area contributed by atoms with Crippen LogP contribution in [0, 0.1) is 5.92 Å². The second kappa shape index (κ2) is 6.57. The van der Waals surface area contributed by atoms with E-state index in [4.69, 9.17) is 21.5 Å². The number of halogens is 1. The van der Waals surface area contributed by atoms with Crippen molar-refractivity contribution in [2.45, 2.75) is 30.4 Å². The Kier molecular flexibility index (Phi) is 4.68. The molecule has 1 aromatic carbocycles. The number of hydrogen-bond acceptors (Lipinski definition) is 5. The smallest absolute Gasteiger partial charge is 0.265 e. The third kappa shape index (κ3) is 2.76. The maximum Gasteiger partial charge on any atom is 0.265 e. The van der Waals surface area contributed by atoms with Crippen LogP contribution in [0.2, 0.25) is 0 Å². The predicted molar refractivity (Wildman–Crippen MR) is 84.8 cm³/mol. The van der Waals surface area contributed by atoms with Crippen molar-refractivity contribution in [3.05, 3.63) is 30.3 Å². The van der Waals surface area contributed by atoms with Crippen LogP contribution in [0.5, 0.6) is 0 Å². The highest BCUT2D eigenvalue weighted by Crippen LogP contribution is 2.40. The molecule has 6 nitrogen and oxygen atoms in total. The lowest BCUT2D eigenvalue weighted by Gasteiger charge is -2.27. The summed E-state index contributed by atoms with van der Waals surface area (Å²) in [6.45, 7) is 0.0393. The summed E-state index contributed by atoms with van der Waals surface area (Å²) in [5.74, 6) is -1.25. The third-order valence-corrected chi connectivity index (χ3v) is 4.86. The topological polar surface area (TPSA) is 70.1 Å². The number of anilines is 1. The summed E-state index contributed by atoms with van der Waals surface area (Å²) in [5, 5.41) is 10.1. The minimum atomic E-state index is -0.826. The van der Waals surface area contributed by atoms with E-state index in [9.17, 15) is 9.59 Å². The number of nitrogens with zero attached hydrogens (tertiary/aromatic N) is 2. The van der Waals surface area contributed by atoms with Crippen molar-refractivity contribution in [3.63, 3.8) is 0 Å². The Morgan fingerprint density at radius 2 is 1.96 bits per heavy atom. The van der Waals surface area contributed by atoms with Gasteiger partial charge in [0.2, 0.25) is 5.91 Å². The number of hydrogen-bond donors (Lipinski definition) is 1. The lowest BCUT2D eigenvalue weighted by atomic mass is 9.92. The molecule has 2 amide bonds. The number of aliphatic hydroxyl groups excluding tert-OH is 1. The number of imide groups is 1. The molecule has 0 radical (unpaired) electrons. The minimum Gasteiger partial charge on any atom is -0.396 e. The molecule has 23 heavy (non-hydrogen) atoms. The highest BCUT2D eigenvalue weighted by molar-refractivity contribution is 6.25. The summed E-state index contributed by atoms with van der Waals surface area (Å²) in [5.41, 5.74) is 0.545. The summed E-state index contributed by atoms with van der Waals surface area (Å²) in [6, 6.07) is 8.43. The molecule has 3 rings (SSSR count). The molecule has 0 spiro atoms. The van der Waals surface area contributed by atoms with E-state index in [1.54, 1.807) is 31.3 Å². The molecular formula is C16H19ClN2O4. The van der Waals surface area contributed by atoms with Crippen LogP contribution >= 0.6 is 11.6 Å². The Balaban J connectivity index is 1.86. The van der Waals surface area contributed by atoms with Crippen molar-refractivity contribution in [2.24, 2.45) is 5.92 Å². The van der Waals surface area contributed by atoms with E-state index in [1.807, 2.05) is 6.07 Å². The van der Waals surface area contributed by atoms with Gasteiger partial charge in [-0.1, -0.05) is 18.2 Å². The van der Waals surface area contributed by atoms with E-state index >= 15 is 0 Å². The number of carbonyl (C=O) groups is 2. The molecule has 2 aliphatic heterocycles. The number of benzene rings is 1. The zero-order chi connectivity index (χ0) is 16.6. The molecule has 2 heterocycles. The molecule has 0 aromatic heterocycles. The van der Waals surface area contributed by atoms with E-state index in [-0.39, 0.29) is 23.8 Å². The van der Waals surface area contributed by atoms with Gasteiger partial charge in [0.05, 0.1) is 23.0 Å². The van der Waals surface area contributed by atoms with Gasteiger partial charge in [0.25, 0.3) is 5.91 Å². The first kappa shape index (κ1) is 16.4. The van der Waals surface area contributed by atoms with Gasteiger partial charge in [0.1, 0.15) is 0 Å². The van der Waals surface area contributed by atoms with E-state index in [2.05, 4.69) is 0 Å². The van der Waals surface area contributed by atoms with E-state index in [0.717, 1.165) is 0 Å². The first-order chi connectivity index (χ1) is 11.1. The van der Waals surface area contributed by atoms with Gasteiger partial charge >= 0.3 is 0 Å². The molecule has 124 valence electrons. The highest BCUT2D eigenvalue weighted by atomic mass is 35.5. The predicted octanol–water partition coefficient (Wildman–Crippen LogP) is 1.17. The fourth-order valence-electron chi connectivity index (χ4n) is 3.32. The van der Waals surface area contributed by atoms with Crippen LogP contribution in [0.25, 0.3) is 0 Å². The second-order valence-electron chi connectivity index (χ2n) is 5.82. The van der Waals surface area contributed by atoms with E-state index in [0.29, 0.717) is 18.5 Å². The van der Waals surface area contributed by atoms with Crippen LogP contribution in [-0.4, -0.2) is 53.2 Å². The fourth-order valence-corrected chi connectivity index (χ4v) is 3.79. The van der Waals surface area contributed by atoms with Crippen LogP contribution < -0.4 is 4.90 Å². The molecule has 0 saturated carbocycles. The van der Waals surface area contributed by atoms with Crippen molar-refractivity contribution in [1.82, 2.24) is 5.06 Å². The van der Waals surface area contributed by atoms with E-state index in [1.165, 1.54) is 9.96 Å². The normalized spacial score (nSPS) is 29.2.